The molecule has 0 spiro atoms. The van der Waals surface area contributed by atoms with Crippen LogP contribution in [-0.2, 0) is 14.8 Å². The average molecular weight is 366 g/mol. The second-order valence-electron chi connectivity index (χ2n) is 4.75. The number of halogens is 2. The van der Waals surface area contributed by atoms with E-state index in [1.165, 1.54) is 12.1 Å². The van der Waals surface area contributed by atoms with Crippen LogP contribution in [0.2, 0.25) is 0 Å². The zero-order valence-corrected chi connectivity index (χ0v) is 13.3. The molecule has 0 radical (unpaired) electrons. The monoisotopic (exact) mass is 365 g/mol. The highest BCUT2D eigenvalue weighted by molar-refractivity contribution is 9.10. The first-order valence-corrected chi connectivity index (χ1v) is 8.83. The van der Waals surface area contributed by atoms with Crippen LogP contribution in [0, 0.1) is 5.82 Å². The highest BCUT2D eigenvalue weighted by Gasteiger charge is 2.18. The van der Waals surface area contributed by atoms with Crippen molar-refractivity contribution in [2.24, 2.45) is 0 Å². The molecule has 0 saturated carbocycles. The van der Waals surface area contributed by atoms with Gasteiger partial charge in [0.15, 0.2) is 0 Å². The summed E-state index contributed by atoms with van der Waals surface area (Å²) in [5.41, 5.74) is 0. The lowest BCUT2D eigenvalue weighted by molar-refractivity contribution is 0.0123. The van der Waals surface area contributed by atoms with Crippen LogP contribution >= 0.6 is 15.9 Å². The van der Waals surface area contributed by atoms with Gasteiger partial charge in [-0.1, -0.05) is 0 Å². The van der Waals surface area contributed by atoms with Crippen LogP contribution in [0.25, 0.3) is 0 Å². The number of ether oxygens (including phenoxy) is 1. The number of sulfonamides is 1. The SMILES string of the molecule is O=S(=O)(NCCC1CCCCO1)c1ccc(Br)c(F)c1. The van der Waals surface area contributed by atoms with Crippen LogP contribution < -0.4 is 4.72 Å². The molecular weight excluding hydrogens is 349 g/mol. The van der Waals surface area contributed by atoms with E-state index < -0.39 is 15.8 Å². The molecule has 0 amide bonds. The fourth-order valence-electron chi connectivity index (χ4n) is 2.12. The third kappa shape index (κ3) is 4.25. The molecule has 1 aliphatic heterocycles. The summed E-state index contributed by atoms with van der Waals surface area (Å²) in [6, 6.07) is 3.75. The average Bonchev–Trinajstić information content (AvgIpc) is 2.43. The third-order valence-electron chi connectivity index (χ3n) is 3.23. The Bertz CT molecular complexity index is 559. The Morgan fingerprint density at radius 3 is 2.85 bits per heavy atom. The first kappa shape index (κ1) is 15.9. The van der Waals surface area contributed by atoms with Crippen LogP contribution in [-0.4, -0.2) is 27.7 Å². The van der Waals surface area contributed by atoms with Gasteiger partial charge in [-0.15, -0.1) is 0 Å². The van der Waals surface area contributed by atoms with Crippen molar-refractivity contribution in [1.29, 1.82) is 0 Å². The molecule has 20 heavy (non-hydrogen) atoms. The molecule has 0 aromatic heterocycles. The first-order chi connectivity index (χ1) is 9.49. The summed E-state index contributed by atoms with van der Waals surface area (Å²) in [5.74, 6) is -0.594. The van der Waals surface area contributed by atoms with Gasteiger partial charge in [0.2, 0.25) is 10.0 Å². The van der Waals surface area contributed by atoms with Gasteiger partial charge in [0.25, 0.3) is 0 Å². The first-order valence-electron chi connectivity index (χ1n) is 6.55. The normalized spacial score (nSPS) is 20.0. The van der Waals surface area contributed by atoms with Gasteiger partial charge in [0.1, 0.15) is 5.82 Å². The van der Waals surface area contributed by atoms with Gasteiger partial charge in [0, 0.05) is 13.2 Å². The van der Waals surface area contributed by atoms with Crippen molar-refractivity contribution < 1.29 is 17.5 Å². The van der Waals surface area contributed by atoms with Gasteiger partial charge >= 0.3 is 0 Å². The molecule has 1 unspecified atom stereocenters. The van der Waals surface area contributed by atoms with Crippen molar-refractivity contribution in [1.82, 2.24) is 4.72 Å². The minimum atomic E-state index is -3.67. The Hall–Kier alpha value is -0.500. The molecule has 1 atom stereocenters. The topological polar surface area (TPSA) is 55.4 Å². The van der Waals surface area contributed by atoms with Crippen molar-refractivity contribution in [2.45, 2.75) is 36.7 Å². The van der Waals surface area contributed by atoms with Gasteiger partial charge in [-0.25, -0.2) is 17.5 Å². The Labute approximate surface area is 126 Å². The molecular formula is C13H17BrFNO3S. The standard InChI is InChI=1S/C13H17BrFNO3S/c14-12-5-4-11(9-13(12)15)20(17,18)16-7-6-10-3-1-2-8-19-10/h4-5,9-10,16H,1-3,6-8H2. The summed E-state index contributed by atoms with van der Waals surface area (Å²) in [5, 5.41) is 0. The van der Waals surface area contributed by atoms with Crippen LogP contribution in [0.4, 0.5) is 4.39 Å². The minimum absolute atomic E-state index is 0.0669. The van der Waals surface area contributed by atoms with E-state index in [-0.39, 0.29) is 15.5 Å². The van der Waals surface area contributed by atoms with E-state index in [0.717, 1.165) is 31.9 Å². The van der Waals surface area contributed by atoms with Crippen molar-refractivity contribution in [2.75, 3.05) is 13.2 Å². The number of nitrogens with one attached hydrogen (secondary N) is 1. The van der Waals surface area contributed by atoms with E-state index in [1.807, 2.05) is 0 Å². The summed E-state index contributed by atoms with van der Waals surface area (Å²) in [7, 11) is -3.67. The molecule has 1 aromatic rings. The summed E-state index contributed by atoms with van der Waals surface area (Å²) in [6.07, 6.45) is 3.91. The molecule has 2 rings (SSSR count). The maximum Gasteiger partial charge on any atom is 0.240 e. The molecule has 1 fully saturated rings. The molecule has 1 aromatic carbocycles. The third-order valence-corrected chi connectivity index (χ3v) is 5.34. The van der Waals surface area contributed by atoms with Crippen LogP contribution in [0.5, 0.6) is 0 Å². The van der Waals surface area contributed by atoms with Crippen LogP contribution in [0.1, 0.15) is 25.7 Å². The second-order valence-corrected chi connectivity index (χ2v) is 7.37. The number of rotatable bonds is 5. The van der Waals surface area contributed by atoms with E-state index in [9.17, 15) is 12.8 Å². The van der Waals surface area contributed by atoms with Gasteiger partial charge in [-0.05, 0) is 59.8 Å². The summed E-state index contributed by atoms with van der Waals surface area (Å²) < 4.78 is 45.6. The van der Waals surface area contributed by atoms with Gasteiger partial charge < -0.3 is 4.74 Å². The lowest BCUT2D eigenvalue weighted by atomic mass is 10.1. The Balaban J connectivity index is 1.91. The van der Waals surface area contributed by atoms with Gasteiger partial charge in [0.05, 0.1) is 15.5 Å². The smallest absolute Gasteiger partial charge is 0.240 e. The molecule has 7 heteroatoms. The molecule has 112 valence electrons. The molecule has 1 aliphatic rings. The minimum Gasteiger partial charge on any atom is -0.378 e. The van der Waals surface area contributed by atoms with E-state index in [2.05, 4.69) is 20.7 Å². The van der Waals surface area contributed by atoms with Crippen molar-refractivity contribution in [3.63, 3.8) is 0 Å². The van der Waals surface area contributed by atoms with E-state index >= 15 is 0 Å². The van der Waals surface area contributed by atoms with Crippen LogP contribution in [0.3, 0.4) is 0 Å². The number of hydrogen-bond donors (Lipinski definition) is 1. The largest absolute Gasteiger partial charge is 0.378 e. The van der Waals surface area contributed by atoms with Crippen molar-refractivity contribution in [3.8, 4) is 0 Å². The van der Waals surface area contributed by atoms with Crippen molar-refractivity contribution in [3.05, 3.63) is 28.5 Å². The number of benzene rings is 1. The predicted octanol–water partition coefficient (Wildman–Crippen LogP) is 2.83. The summed E-state index contributed by atoms with van der Waals surface area (Å²) in [4.78, 5) is -0.0669. The van der Waals surface area contributed by atoms with E-state index in [0.29, 0.717) is 13.0 Å². The lowest BCUT2D eigenvalue weighted by Crippen LogP contribution is -2.29. The maximum atomic E-state index is 13.4. The molecule has 1 N–H and O–H groups in total. The van der Waals surface area contributed by atoms with E-state index in [4.69, 9.17) is 4.74 Å². The molecule has 1 heterocycles. The Kier molecular flexibility index (Phi) is 5.54. The van der Waals surface area contributed by atoms with Gasteiger partial charge in [-0.2, -0.15) is 0 Å². The zero-order valence-electron chi connectivity index (χ0n) is 10.9. The Morgan fingerprint density at radius 1 is 1.40 bits per heavy atom. The zero-order chi connectivity index (χ0) is 14.6. The highest BCUT2D eigenvalue weighted by atomic mass is 79.9. The fourth-order valence-corrected chi connectivity index (χ4v) is 3.42. The van der Waals surface area contributed by atoms with Gasteiger partial charge in [-0.3, -0.25) is 0 Å². The Morgan fingerprint density at radius 2 is 2.20 bits per heavy atom. The number of hydrogen-bond acceptors (Lipinski definition) is 3. The lowest BCUT2D eigenvalue weighted by Gasteiger charge is -2.22. The summed E-state index contributed by atoms with van der Waals surface area (Å²) in [6.45, 7) is 1.04. The second kappa shape index (κ2) is 6.98. The van der Waals surface area contributed by atoms with Crippen molar-refractivity contribution >= 4 is 26.0 Å². The molecule has 0 bridgehead atoms. The molecule has 4 nitrogen and oxygen atoms in total. The molecule has 0 aliphatic carbocycles. The van der Waals surface area contributed by atoms with Crippen LogP contribution in [0.15, 0.2) is 27.6 Å². The highest BCUT2D eigenvalue weighted by Crippen LogP contribution is 2.19. The predicted molar refractivity (Wildman–Crippen MR) is 77.5 cm³/mol. The maximum absolute atomic E-state index is 13.4. The fraction of sp³-hybridized carbons (Fsp3) is 0.538. The molecule has 1 saturated heterocycles. The van der Waals surface area contributed by atoms with E-state index in [1.54, 1.807) is 0 Å². The summed E-state index contributed by atoms with van der Waals surface area (Å²) >= 11 is 2.99. The quantitative estimate of drug-likeness (QED) is 0.872.